The van der Waals surface area contributed by atoms with Gasteiger partial charge in [0.15, 0.2) is 0 Å². The number of hydrogen-bond acceptors (Lipinski definition) is 2. The van der Waals surface area contributed by atoms with Crippen LogP contribution in [0.1, 0.15) is 45.1 Å². The Kier molecular flexibility index (Phi) is 4.65. The van der Waals surface area contributed by atoms with Gasteiger partial charge in [0.1, 0.15) is 0 Å². The van der Waals surface area contributed by atoms with Crippen molar-refractivity contribution in [2.75, 3.05) is 25.0 Å². The van der Waals surface area contributed by atoms with Crippen LogP contribution in [0.5, 0.6) is 0 Å². The summed E-state index contributed by atoms with van der Waals surface area (Å²) in [6.07, 6.45) is 2.51. The van der Waals surface area contributed by atoms with Gasteiger partial charge in [-0.15, -0.1) is 0 Å². The standard InChI is InChI=1S/C16H26N2/c1-4-10-18(13(2)3)11-9-14-12-17-16-8-6-5-7-15(14)16/h5-8,13-14,17H,4,9-12H2,1-3H3. The van der Waals surface area contributed by atoms with Gasteiger partial charge >= 0.3 is 0 Å². The van der Waals surface area contributed by atoms with E-state index in [0.29, 0.717) is 12.0 Å². The Morgan fingerprint density at radius 2 is 2.06 bits per heavy atom. The molecule has 1 aromatic rings. The molecule has 1 heterocycles. The lowest BCUT2D eigenvalue weighted by molar-refractivity contribution is 0.215. The van der Waals surface area contributed by atoms with Crippen molar-refractivity contribution >= 4 is 5.69 Å². The molecule has 0 saturated heterocycles. The molecule has 0 fully saturated rings. The Morgan fingerprint density at radius 3 is 2.78 bits per heavy atom. The van der Waals surface area contributed by atoms with Crippen molar-refractivity contribution < 1.29 is 0 Å². The third-order valence-corrected chi connectivity index (χ3v) is 3.95. The number of benzene rings is 1. The van der Waals surface area contributed by atoms with Gasteiger partial charge in [-0.25, -0.2) is 0 Å². The van der Waals surface area contributed by atoms with Crippen molar-refractivity contribution in [1.29, 1.82) is 0 Å². The van der Waals surface area contributed by atoms with Crippen molar-refractivity contribution in [3.05, 3.63) is 29.8 Å². The summed E-state index contributed by atoms with van der Waals surface area (Å²) in [7, 11) is 0. The molecule has 1 atom stereocenters. The molecule has 0 aromatic heterocycles. The maximum atomic E-state index is 3.52. The minimum absolute atomic E-state index is 0.662. The minimum atomic E-state index is 0.662. The fraction of sp³-hybridized carbons (Fsp3) is 0.625. The van der Waals surface area contributed by atoms with E-state index in [1.807, 2.05) is 0 Å². The predicted molar refractivity (Wildman–Crippen MR) is 79.3 cm³/mol. The lowest BCUT2D eigenvalue weighted by Gasteiger charge is -2.27. The highest BCUT2D eigenvalue weighted by atomic mass is 15.1. The first kappa shape index (κ1) is 13.4. The highest BCUT2D eigenvalue weighted by Crippen LogP contribution is 2.33. The summed E-state index contributed by atoms with van der Waals surface area (Å²) >= 11 is 0. The van der Waals surface area contributed by atoms with Crippen molar-refractivity contribution in [2.45, 2.75) is 45.6 Å². The van der Waals surface area contributed by atoms with Gasteiger partial charge in [0, 0.05) is 24.2 Å². The Balaban J connectivity index is 1.91. The summed E-state index contributed by atoms with van der Waals surface area (Å²) in [6.45, 7) is 10.4. The first-order chi connectivity index (χ1) is 8.72. The fourth-order valence-corrected chi connectivity index (χ4v) is 2.85. The molecule has 18 heavy (non-hydrogen) atoms. The molecule has 0 bridgehead atoms. The molecule has 1 unspecified atom stereocenters. The number of rotatable bonds is 6. The maximum Gasteiger partial charge on any atom is 0.0376 e. The zero-order valence-corrected chi connectivity index (χ0v) is 11.9. The predicted octanol–water partition coefficient (Wildman–Crippen LogP) is 3.71. The summed E-state index contributed by atoms with van der Waals surface area (Å²) in [5, 5.41) is 3.52. The van der Waals surface area contributed by atoms with E-state index >= 15 is 0 Å². The van der Waals surface area contributed by atoms with Crippen LogP contribution < -0.4 is 5.32 Å². The number of para-hydroxylation sites is 1. The second-order valence-corrected chi connectivity index (χ2v) is 5.58. The van der Waals surface area contributed by atoms with Gasteiger partial charge in [-0.1, -0.05) is 25.1 Å². The van der Waals surface area contributed by atoms with Crippen molar-refractivity contribution in [3.8, 4) is 0 Å². The van der Waals surface area contributed by atoms with Gasteiger partial charge < -0.3 is 10.2 Å². The first-order valence-corrected chi connectivity index (χ1v) is 7.29. The van der Waals surface area contributed by atoms with Crippen LogP contribution in [-0.2, 0) is 0 Å². The molecule has 0 spiro atoms. The van der Waals surface area contributed by atoms with Gasteiger partial charge in [0.25, 0.3) is 0 Å². The van der Waals surface area contributed by atoms with Crippen LogP contribution >= 0.6 is 0 Å². The normalized spacial score (nSPS) is 18.2. The molecule has 2 nitrogen and oxygen atoms in total. The highest BCUT2D eigenvalue weighted by Gasteiger charge is 2.22. The SMILES string of the molecule is CCCN(CCC1CNc2ccccc21)C(C)C. The molecule has 1 aliphatic heterocycles. The van der Waals surface area contributed by atoms with E-state index in [-0.39, 0.29) is 0 Å². The molecule has 0 aliphatic carbocycles. The lowest BCUT2D eigenvalue weighted by Crippen LogP contribution is -2.33. The van der Waals surface area contributed by atoms with Crippen LogP contribution in [-0.4, -0.2) is 30.6 Å². The summed E-state index contributed by atoms with van der Waals surface area (Å²) in [5.74, 6) is 0.694. The average Bonchev–Trinajstić information content (AvgIpc) is 2.77. The summed E-state index contributed by atoms with van der Waals surface area (Å²) < 4.78 is 0. The van der Waals surface area contributed by atoms with E-state index in [4.69, 9.17) is 0 Å². The third-order valence-electron chi connectivity index (χ3n) is 3.95. The molecular weight excluding hydrogens is 220 g/mol. The molecule has 1 aliphatic rings. The minimum Gasteiger partial charge on any atom is -0.384 e. The van der Waals surface area contributed by atoms with Gasteiger partial charge in [0.05, 0.1) is 0 Å². The van der Waals surface area contributed by atoms with E-state index < -0.39 is 0 Å². The molecule has 2 rings (SSSR count). The summed E-state index contributed by atoms with van der Waals surface area (Å²) in [6, 6.07) is 9.41. The van der Waals surface area contributed by atoms with Gasteiger partial charge in [-0.2, -0.15) is 0 Å². The quantitative estimate of drug-likeness (QED) is 0.823. The van der Waals surface area contributed by atoms with Crippen LogP contribution in [0.2, 0.25) is 0 Å². The average molecular weight is 246 g/mol. The number of fused-ring (bicyclic) bond motifs is 1. The number of nitrogens with zero attached hydrogens (tertiary/aromatic N) is 1. The number of nitrogens with one attached hydrogen (secondary N) is 1. The zero-order valence-electron chi connectivity index (χ0n) is 11.9. The van der Waals surface area contributed by atoms with Crippen molar-refractivity contribution in [1.82, 2.24) is 4.90 Å². The van der Waals surface area contributed by atoms with Crippen LogP contribution in [0.3, 0.4) is 0 Å². The smallest absolute Gasteiger partial charge is 0.0376 e. The second-order valence-electron chi connectivity index (χ2n) is 5.58. The first-order valence-electron chi connectivity index (χ1n) is 7.29. The van der Waals surface area contributed by atoms with E-state index in [2.05, 4.69) is 55.3 Å². The Bertz CT molecular complexity index is 373. The number of anilines is 1. The molecule has 2 heteroatoms. The molecule has 1 N–H and O–H groups in total. The van der Waals surface area contributed by atoms with Crippen LogP contribution in [0.25, 0.3) is 0 Å². The summed E-state index contributed by atoms with van der Waals surface area (Å²) in [5.41, 5.74) is 2.85. The third kappa shape index (κ3) is 3.05. The lowest BCUT2D eigenvalue weighted by atomic mass is 9.97. The largest absolute Gasteiger partial charge is 0.384 e. The van der Waals surface area contributed by atoms with Gasteiger partial charge in [-0.3, -0.25) is 0 Å². The number of hydrogen-bond donors (Lipinski definition) is 1. The summed E-state index contributed by atoms with van der Waals surface area (Å²) in [4.78, 5) is 2.60. The monoisotopic (exact) mass is 246 g/mol. The Morgan fingerprint density at radius 1 is 1.28 bits per heavy atom. The molecule has 1 aromatic carbocycles. The van der Waals surface area contributed by atoms with E-state index in [1.165, 1.54) is 37.2 Å². The molecular formula is C16H26N2. The molecule has 0 radical (unpaired) electrons. The topological polar surface area (TPSA) is 15.3 Å². The van der Waals surface area contributed by atoms with Gasteiger partial charge in [0.2, 0.25) is 0 Å². The molecule has 0 amide bonds. The molecule has 0 saturated carbocycles. The maximum absolute atomic E-state index is 3.52. The highest BCUT2D eigenvalue weighted by molar-refractivity contribution is 5.57. The van der Waals surface area contributed by atoms with Gasteiger partial charge in [-0.05, 0) is 51.4 Å². The van der Waals surface area contributed by atoms with E-state index in [0.717, 1.165) is 6.54 Å². The van der Waals surface area contributed by atoms with Crippen LogP contribution in [0, 0.1) is 0 Å². The van der Waals surface area contributed by atoms with Crippen molar-refractivity contribution in [3.63, 3.8) is 0 Å². The zero-order chi connectivity index (χ0) is 13.0. The van der Waals surface area contributed by atoms with E-state index in [1.54, 1.807) is 0 Å². The second kappa shape index (κ2) is 6.24. The Labute approximate surface area is 111 Å². The van der Waals surface area contributed by atoms with Crippen molar-refractivity contribution in [2.24, 2.45) is 0 Å². The van der Waals surface area contributed by atoms with Crippen LogP contribution in [0.15, 0.2) is 24.3 Å². The van der Waals surface area contributed by atoms with E-state index in [9.17, 15) is 0 Å². The molecule has 100 valence electrons. The fourth-order valence-electron chi connectivity index (χ4n) is 2.85. The Hall–Kier alpha value is -1.02. The van der Waals surface area contributed by atoms with Crippen LogP contribution in [0.4, 0.5) is 5.69 Å².